The van der Waals surface area contributed by atoms with Crippen LogP contribution >= 0.6 is 11.6 Å². The maximum atomic E-state index is 12.0. The molecule has 0 aliphatic rings. The first kappa shape index (κ1) is 19.9. The maximum absolute atomic E-state index is 12.0. The Labute approximate surface area is 146 Å². The number of nitrogens with one attached hydrogen (secondary N) is 1. The fourth-order valence-electron chi connectivity index (χ4n) is 2.01. The summed E-state index contributed by atoms with van der Waals surface area (Å²) in [5.41, 5.74) is 6.05. The van der Waals surface area contributed by atoms with Crippen LogP contribution in [-0.2, 0) is 20.7 Å². The van der Waals surface area contributed by atoms with Gasteiger partial charge in [0.1, 0.15) is 17.4 Å². The summed E-state index contributed by atoms with van der Waals surface area (Å²) in [4.78, 5) is 24.0. The molecule has 0 aliphatic carbocycles. The first-order valence-corrected chi connectivity index (χ1v) is 7.65. The highest BCUT2D eigenvalue weighted by Gasteiger charge is 2.27. The number of anilines is 1. The lowest BCUT2D eigenvalue weighted by Crippen LogP contribution is -2.45. The molecule has 0 unspecified atom stereocenters. The molecule has 24 heavy (non-hydrogen) atoms. The summed E-state index contributed by atoms with van der Waals surface area (Å²) < 4.78 is 15.1. The van der Waals surface area contributed by atoms with Crippen LogP contribution in [0.1, 0.15) is 26.3 Å². The van der Waals surface area contributed by atoms with Crippen LogP contribution < -0.4 is 15.8 Å². The Hall–Kier alpha value is -2.15. The molecular weight excluding hydrogens is 336 g/mol. The first-order chi connectivity index (χ1) is 11.1. The topological polar surface area (TPSA) is 99.9 Å². The SMILES string of the molecule is COC(=O)[C@H](Cc1c(OC)ccc(Cl)c1N)NC(=O)OC(C)(C)C. The van der Waals surface area contributed by atoms with Gasteiger partial charge in [-0.3, -0.25) is 0 Å². The molecule has 8 heteroatoms. The van der Waals surface area contributed by atoms with E-state index in [0.717, 1.165) is 0 Å². The van der Waals surface area contributed by atoms with Gasteiger partial charge in [0.15, 0.2) is 0 Å². The monoisotopic (exact) mass is 358 g/mol. The summed E-state index contributed by atoms with van der Waals surface area (Å²) in [5, 5.41) is 2.81. The van der Waals surface area contributed by atoms with Gasteiger partial charge < -0.3 is 25.3 Å². The minimum absolute atomic E-state index is 0.0431. The number of amides is 1. The molecule has 3 N–H and O–H groups in total. The molecule has 1 aromatic carbocycles. The fourth-order valence-corrected chi connectivity index (χ4v) is 2.18. The van der Waals surface area contributed by atoms with Gasteiger partial charge in [0.25, 0.3) is 0 Å². The largest absolute Gasteiger partial charge is 0.496 e. The van der Waals surface area contributed by atoms with Gasteiger partial charge in [-0.05, 0) is 32.9 Å². The van der Waals surface area contributed by atoms with Crippen LogP contribution in [0.4, 0.5) is 10.5 Å². The Bertz CT molecular complexity index is 613. The van der Waals surface area contributed by atoms with Crippen molar-refractivity contribution in [3.05, 3.63) is 22.7 Å². The Kier molecular flexibility index (Phi) is 6.71. The summed E-state index contributed by atoms with van der Waals surface area (Å²) in [6.45, 7) is 5.16. The molecule has 0 fully saturated rings. The normalized spacial score (nSPS) is 12.2. The number of benzene rings is 1. The van der Waals surface area contributed by atoms with E-state index in [2.05, 4.69) is 5.32 Å². The smallest absolute Gasteiger partial charge is 0.408 e. The van der Waals surface area contributed by atoms with Gasteiger partial charge in [-0.2, -0.15) is 0 Å². The second-order valence-electron chi connectivity index (χ2n) is 6.07. The van der Waals surface area contributed by atoms with E-state index in [9.17, 15) is 9.59 Å². The lowest BCUT2D eigenvalue weighted by atomic mass is 10.0. The summed E-state index contributed by atoms with van der Waals surface area (Å²) in [7, 11) is 2.70. The molecule has 0 spiro atoms. The van der Waals surface area contributed by atoms with Crippen LogP contribution in [0, 0.1) is 0 Å². The average Bonchev–Trinajstić information content (AvgIpc) is 2.48. The lowest BCUT2D eigenvalue weighted by molar-refractivity contribution is -0.143. The van der Waals surface area contributed by atoms with Crippen molar-refractivity contribution in [3.8, 4) is 5.75 Å². The molecule has 0 aromatic heterocycles. The van der Waals surface area contributed by atoms with Crippen molar-refractivity contribution in [3.63, 3.8) is 0 Å². The lowest BCUT2D eigenvalue weighted by Gasteiger charge is -2.23. The molecule has 0 heterocycles. The van der Waals surface area contributed by atoms with Gasteiger partial charge in [-0.15, -0.1) is 0 Å². The van der Waals surface area contributed by atoms with Crippen molar-refractivity contribution >= 4 is 29.4 Å². The molecule has 134 valence electrons. The predicted molar refractivity (Wildman–Crippen MR) is 91.3 cm³/mol. The quantitative estimate of drug-likeness (QED) is 0.619. The van der Waals surface area contributed by atoms with E-state index in [0.29, 0.717) is 16.3 Å². The number of hydrogen-bond acceptors (Lipinski definition) is 6. The number of ether oxygens (including phenoxy) is 3. The van der Waals surface area contributed by atoms with Crippen molar-refractivity contribution in [2.24, 2.45) is 0 Å². The van der Waals surface area contributed by atoms with Crippen LogP contribution in [0.25, 0.3) is 0 Å². The number of alkyl carbamates (subject to hydrolysis) is 1. The van der Waals surface area contributed by atoms with Crippen LogP contribution in [0.3, 0.4) is 0 Å². The van der Waals surface area contributed by atoms with Crippen LogP contribution in [0.15, 0.2) is 12.1 Å². The standard InChI is InChI=1S/C16H23ClN2O5/c1-16(2,3)24-15(21)19-11(14(20)23-5)8-9-12(22-4)7-6-10(17)13(9)18/h6-7,11H,8,18H2,1-5H3,(H,19,21)/t11-/m0/s1. The number of nitrogen functional groups attached to an aromatic ring is 1. The molecule has 0 saturated heterocycles. The zero-order valence-electron chi connectivity index (χ0n) is 14.4. The van der Waals surface area contributed by atoms with Gasteiger partial charge in [-0.1, -0.05) is 11.6 Å². The van der Waals surface area contributed by atoms with E-state index in [-0.39, 0.29) is 12.1 Å². The number of nitrogens with two attached hydrogens (primary N) is 1. The van der Waals surface area contributed by atoms with Crippen molar-refractivity contribution in [1.29, 1.82) is 0 Å². The number of rotatable bonds is 5. The van der Waals surface area contributed by atoms with E-state index in [4.69, 9.17) is 31.5 Å². The molecular formula is C16H23ClN2O5. The van der Waals surface area contributed by atoms with Crippen LogP contribution in [0.2, 0.25) is 5.02 Å². The molecule has 1 aromatic rings. The number of carbonyl (C=O) groups excluding carboxylic acids is 2. The second-order valence-corrected chi connectivity index (χ2v) is 6.48. The van der Waals surface area contributed by atoms with Gasteiger partial charge >= 0.3 is 12.1 Å². The Balaban J connectivity index is 3.06. The Morgan fingerprint density at radius 1 is 1.29 bits per heavy atom. The molecule has 0 radical (unpaired) electrons. The molecule has 1 rings (SSSR count). The molecule has 0 bridgehead atoms. The number of carbonyl (C=O) groups is 2. The van der Waals surface area contributed by atoms with E-state index >= 15 is 0 Å². The van der Waals surface area contributed by atoms with Crippen molar-refractivity contribution in [2.45, 2.75) is 38.8 Å². The zero-order valence-corrected chi connectivity index (χ0v) is 15.2. The van der Waals surface area contributed by atoms with Crippen molar-refractivity contribution in [2.75, 3.05) is 20.0 Å². The molecule has 7 nitrogen and oxygen atoms in total. The van der Waals surface area contributed by atoms with Gasteiger partial charge in [0.05, 0.1) is 24.9 Å². The van der Waals surface area contributed by atoms with Gasteiger partial charge in [0.2, 0.25) is 0 Å². The summed E-state index contributed by atoms with van der Waals surface area (Å²) in [6, 6.07) is 2.23. The van der Waals surface area contributed by atoms with Crippen molar-refractivity contribution in [1.82, 2.24) is 5.32 Å². The minimum atomic E-state index is -1.00. The van der Waals surface area contributed by atoms with E-state index in [1.54, 1.807) is 32.9 Å². The van der Waals surface area contributed by atoms with Gasteiger partial charge in [0, 0.05) is 12.0 Å². The summed E-state index contributed by atoms with van der Waals surface area (Å²) in [5.74, 6) is -0.181. The number of methoxy groups -OCH3 is 2. The number of halogens is 1. The third kappa shape index (κ3) is 5.49. The molecule has 0 saturated carbocycles. The molecule has 1 atom stereocenters. The van der Waals surface area contributed by atoms with Crippen LogP contribution in [-0.4, -0.2) is 37.9 Å². The molecule has 1 amide bonds. The van der Waals surface area contributed by atoms with E-state index in [1.807, 2.05) is 0 Å². The van der Waals surface area contributed by atoms with E-state index in [1.165, 1.54) is 14.2 Å². The molecule has 0 aliphatic heterocycles. The van der Waals surface area contributed by atoms with Gasteiger partial charge in [-0.25, -0.2) is 9.59 Å². The highest BCUT2D eigenvalue weighted by atomic mass is 35.5. The highest BCUT2D eigenvalue weighted by molar-refractivity contribution is 6.33. The third-order valence-electron chi connectivity index (χ3n) is 3.07. The third-order valence-corrected chi connectivity index (χ3v) is 3.40. The minimum Gasteiger partial charge on any atom is -0.496 e. The number of hydrogen-bond donors (Lipinski definition) is 2. The zero-order chi connectivity index (χ0) is 18.5. The summed E-state index contributed by atoms with van der Waals surface area (Å²) in [6.07, 6.45) is -0.695. The Morgan fingerprint density at radius 3 is 2.42 bits per heavy atom. The number of esters is 1. The maximum Gasteiger partial charge on any atom is 0.408 e. The fraction of sp³-hybridized carbons (Fsp3) is 0.500. The van der Waals surface area contributed by atoms with E-state index < -0.39 is 23.7 Å². The first-order valence-electron chi connectivity index (χ1n) is 7.27. The Morgan fingerprint density at radius 2 is 1.92 bits per heavy atom. The van der Waals surface area contributed by atoms with Crippen LogP contribution in [0.5, 0.6) is 5.75 Å². The van der Waals surface area contributed by atoms with Crippen molar-refractivity contribution < 1.29 is 23.8 Å². The summed E-state index contributed by atoms with van der Waals surface area (Å²) >= 11 is 6.02. The average molecular weight is 359 g/mol. The predicted octanol–water partition coefficient (Wildman–Crippen LogP) is 2.54. The second kappa shape index (κ2) is 8.10. The highest BCUT2D eigenvalue weighted by Crippen LogP contribution is 2.32.